The third kappa shape index (κ3) is 2.87. The summed E-state index contributed by atoms with van der Waals surface area (Å²) in [5.41, 5.74) is 5.39. The minimum absolute atomic E-state index is 0.271. The number of hydrogen-bond acceptors (Lipinski definition) is 3. The van der Waals surface area contributed by atoms with Crippen LogP contribution in [0.3, 0.4) is 0 Å². The van der Waals surface area contributed by atoms with Crippen molar-refractivity contribution in [1.29, 1.82) is 0 Å². The molecule has 1 aromatic carbocycles. The van der Waals surface area contributed by atoms with E-state index in [-0.39, 0.29) is 12.6 Å². The number of esters is 1. The predicted molar refractivity (Wildman–Crippen MR) is 78.7 cm³/mol. The van der Waals surface area contributed by atoms with Gasteiger partial charge >= 0.3 is 5.97 Å². The quantitative estimate of drug-likeness (QED) is 0.798. The molecule has 0 bridgehead atoms. The fourth-order valence-electron chi connectivity index (χ4n) is 2.06. The number of ether oxygens (including phenoxy) is 1. The van der Waals surface area contributed by atoms with E-state index in [1.165, 1.54) is 0 Å². The molecule has 0 fully saturated rings. The van der Waals surface area contributed by atoms with Crippen molar-refractivity contribution in [3.63, 3.8) is 0 Å². The SMILES string of the molecule is Cc1nc(C(=O)OCc2ccccc2)c(C)c(C)c1C. The molecule has 0 amide bonds. The molecule has 0 unspecified atom stereocenters. The highest BCUT2D eigenvalue weighted by molar-refractivity contribution is 5.89. The molecule has 0 aliphatic heterocycles. The first-order chi connectivity index (χ1) is 9.50. The van der Waals surface area contributed by atoms with E-state index in [0.717, 1.165) is 27.9 Å². The van der Waals surface area contributed by atoms with Crippen molar-refractivity contribution < 1.29 is 9.53 Å². The van der Waals surface area contributed by atoms with Crippen LogP contribution in [-0.2, 0) is 11.3 Å². The molecule has 1 aromatic heterocycles. The van der Waals surface area contributed by atoms with Gasteiger partial charge in [-0.3, -0.25) is 0 Å². The molecule has 0 spiro atoms. The first kappa shape index (κ1) is 14.3. The van der Waals surface area contributed by atoms with Crippen molar-refractivity contribution in [1.82, 2.24) is 4.98 Å². The topological polar surface area (TPSA) is 39.2 Å². The zero-order chi connectivity index (χ0) is 14.7. The van der Waals surface area contributed by atoms with Crippen LogP contribution in [0.25, 0.3) is 0 Å². The van der Waals surface area contributed by atoms with E-state index in [2.05, 4.69) is 4.98 Å². The molecular weight excluding hydrogens is 250 g/mol. The second-order valence-electron chi connectivity index (χ2n) is 4.98. The van der Waals surface area contributed by atoms with Crippen LogP contribution in [0.1, 0.15) is 38.4 Å². The fourth-order valence-corrected chi connectivity index (χ4v) is 2.06. The van der Waals surface area contributed by atoms with E-state index < -0.39 is 0 Å². The largest absolute Gasteiger partial charge is 0.456 e. The van der Waals surface area contributed by atoms with Gasteiger partial charge in [0.2, 0.25) is 0 Å². The highest BCUT2D eigenvalue weighted by Gasteiger charge is 2.16. The van der Waals surface area contributed by atoms with Crippen molar-refractivity contribution in [2.75, 3.05) is 0 Å². The average Bonchev–Trinajstić information content (AvgIpc) is 2.47. The Morgan fingerprint density at radius 2 is 1.65 bits per heavy atom. The number of nitrogens with zero attached hydrogens (tertiary/aromatic N) is 1. The summed E-state index contributed by atoms with van der Waals surface area (Å²) in [6.07, 6.45) is 0. The minimum Gasteiger partial charge on any atom is -0.456 e. The highest BCUT2D eigenvalue weighted by atomic mass is 16.5. The summed E-state index contributed by atoms with van der Waals surface area (Å²) in [6.45, 7) is 8.12. The van der Waals surface area contributed by atoms with Crippen molar-refractivity contribution in [3.8, 4) is 0 Å². The van der Waals surface area contributed by atoms with Crippen LogP contribution in [0.2, 0.25) is 0 Å². The third-order valence-corrected chi connectivity index (χ3v) is 3.71. The molecule has 20 heavy (non-hydrogen) atoms. The Kier molecular flexibility index (Phi) is 4.18. The predicted octanol–water partition coefficient (Wildman–Crippen LogP) is 3.67. The summed E-state index contributed by atoms with van der Waals surface area (Å²) in [4.78, 5) is 16.5. The molecule has 0 aliphatic rings. The number of aromatic nitrogens is 1. The summed E-state index contributed by atoms with van der Waals surface area (Å²) in [5, 5.41) is 0. The van der Waals surface area contributed by atoms with E-state index >= 15 is 0 Å². The number of rotatable bonds is 3. The normalized spacial score (nSPS) is 10.4. The summed E-state index contributed by atoms with van der Waals surface area (Å²) in [7, 11) is 0. The second-order valence-corrected chi connectivity index (χ2v) is 4.98. The number of carbonyl (C=O) groups is 1. The standard InChI is InChI=1S/C17H19NO2/c1-11-12(2)14(4)18-16(13(11)3)17(19)20-10-15-8-6-5-7-9-15/h5-9H,10H2,1-4H3. The summed E-state index contributed by atoms with van der Waals surface area (Å²) >= 11 is 0. The monoisotopic (exact) mass is 269 g/mol. The van der Waals surface area contributed by atoms with Gasteiger partial charge < -0.3 is 4.74 Å². The minimum atomic E-state index is -0.363. The van der Waals surface area contributed by atoms with E-state index in [0.29, 0.717) is 5.69 Å². The van der Waals surface area contributed by atoms with Crippen LogP contribution in [0.4, 0.5) is 0 Å². The van der Waals surface area contributed by atoms with E-state index in [1.54, 1.807) is 0 Å². The van der Waals surface area contributed by atoms with Crippen LogP contribution in [0, 0.1) is 27.7 Å². The number of hydrogen-bond donors (Lipinski definition) is 0. The van der Waals surface area contributed by atoms with Gasteiger partial charge in [-0.1, -0.05) is 30.3 Å². The molecular formula is C17H19NO2. The molecule has 2 aromatic rings. The Morgan fingerprint density at radius 3 is 2.30 bits per heavy atom. The van der Waals surface area contributed by atoms with Crippen molar-refractivity contribution >= 4 is 5.97 Å². The number of pyridine rings is 1. The van der Waals surface area contributed by atoms with Crippen LogP contribution >= 0.6 is 0 Å². The van der Waals surface area contributed by atoms with Crippen molar-refractivity contribution in [3.05, 3.63) is 64.0 Å². The molecule has 0 aliphatic carbocycles. The van der Waals surface area contributed by atoms with Gasteiger partial charge in [0.05, 0.1) is 0 Å². The van der Waals surface area contributed by atoms with Crippen molar-refractivity contribution in [2.24, 2.45) is 0 Å². The van der Waals surface area contributed by atoms with E-state index in [4.69, 9.17) is 4.74 Å². The lowest BCUT2D eigenvalue weighted by atomic mass is 10.0. The third-order valence-electron chi connectivity index (χ3n) is 3.71. The molecule has 3 heteroatoms. The van der Waals surface area contributed by atoms with Crippen LogP contribution in [0.5, 0.6) is 0 Å². The van der Waals surface area contributed by atoms with Gasteiger partial charge in [0.25, 0.3) is 0 Å². The van der Waals surface area contributed by atoms with Crippen molar-refractivity contribution in [2.45, 2.75) is 34.3 Å². The molecule has 0 saturated carbocycles. The Morgan fingerprint density at radius 1 is 1.00 bits per heavy atom. The average molecular weight is 269 g/mol. The van der Waals surface area contributed by atoms with Crippen LogP contribution < -0.4 is 0 Å². The maximum absolute atomic E-state index is 12.2. The number of carbonyl (C=O) groups excluding carboxylic acids is 1. The molecule has 2 rings (SSSR count). The number of benzene rings is 1. The molecule has 3 nitrogen and oxygen atoms in total. The lowest BCUT2D eigenvalue weighted by Crippen LogP contribution is -2.12. The first-order valence-corrected chi connectivity index (χ1v) is 6.66. The highest BCUT2D eigenvalue weighted by Crippen LogP contribution is 2.19. The van der Waals surface area contributed by atoms with Gasteiger partial charge in [0.1, 0.15) is 6.61 Å². The maximum Gasteiger partial charge on any atom is 0.357 e. The molecule has 0 atom stereocenters. The zero-order valence-electron chi connectivity index (χ0n) is 12.4. The van der Waals surface area contributed by atoms with Gasteiger partial charge in [-0.2, -0.15) is 0 Å². The van der Waals surface area contributed by atoms with Gasteiger partial charge in [-0.05, 0) is 49.9 Å². The summed E-state index contributed by atoms with van der Waals surface area (Å²) in [6, 6.07) is 9.64. The Labute approximate surface area is 119 Å². The molecule has 0 N–H and O–H groups in total. The Balaban J connectivity index is 2.18. The molecule has 1 heterocycles. The Bertz CT molecular complexity index is 633. The molecule has 0 radical (unpaired) electrons. The maximum atomic E-state index is 12.2. The first-order valence-electron chi connectivity index (χ1n) is 6.66. The molecule has 104 valence electrons. The van der Waals surface area contributed by atoms with Gasteiger partial charge in [0.15, 0.2) is 5.69 Å². The molecule has 0 saturated heterocycles. The van der Waals surface area contributed by atoms with Crippen LogP contribution in [0.15, 0.2) is 30.3 Å². The lowest BCUT2D eigenvalue weighted by molar-refractivity contribution is 0.0464. The van der Waals surface area contributed by atoms with Gasteiger partial charge in [-0.25, -0.2) is 9.78 Å². The number of aryl methyl sites for hydroxylation is 1. The van der Waals surface area contributed by atoms with E-state index in [1.807, 2.05) is 58.0 Å². The second kappa shape index (κ2) is 5.87. The van der Waals surface area contributed by atoms with E-state index in [9.17, 15) is 4.79 Å². The zero-order valence-corrected chi connectivity index (χ0v) is 12.4. The smallest absolute Gasteiger partial charge is 0.357 e. The summed E-state index contributed by atoms with van der Waals surface area (Å²) < 4.78 is 5.34. The summed E-state index contributed by atoms with van der Waals surface area (Å²) in [5.74, 6) is -0.363. The Hall–Kier alpha value is -2.16. The lowest BCUT2D eigenvalue weighted by Gasteiger charge is -2.12. The van der Waals surface area contributed by atoms with Gasteiger partial charge in [-0.15, -0.1) is 0 Å². The van der Waals surface area contributed by atoms with Gasteiger partial charge in [0, 0.05) is 5.69 Å². The fraction of sp³-hybridized carbons (Fsp3) is 0.294. The van der Waals surface area contributed by atoms with Crippen LogP contribution in [-0.4, -0.2) is 11.0 Å².